The van der Waals surface area contributed by atoms with Gasteiger partial charge in [-0.2, -0.15) is 0 Å². The summed E-state index contributed by atoms with van der Waals surface area (Å²) < 4.78 is 6.30. The zero-order chi connectivity index (χ0) is 43.7. The largest absolute Gasteiger partial charge is 0.456 e. The minimum absolute atomic E-state index is 0.894. The molecule has 3 heteroatoms. The maximum absolute atomic E-state index is 6.30. The first-order valence-corrected chi connectivity index (χ1v) is 23.0. The number of pyridine rings is 2. The van der Waals surface area contributed by atoms with Gasteiger partial charge in [0.25, 0.3) is 0 Å². The number of aromatic nitrogens is 2. The molecule has 12 aromatic carbocycles. The summed E-state index contributed by atoms with van der Waals surface area (Å²) >= 11 is 0. The molecule has 0 N–H and O–H groups in total. The molecular formula is C64H36N2O. The first-order valence-electron chi connectivity index (χ1n) is 23.0. The molecule has 0 aliphatic carbocycles. The van der Waals surface area contributed by atoms with Gasteiger partial charge in [-0.1, -0.05) is 170 Å². The quantitative estimate of drug-likeness (QED) is 0.162. The van der Waals surface area contributed by atoms with Crippen molar-refractivity contribution in [1.29, 1.82) is 0 Å². The van der Waals surface area contributed by atoms with Crippen molar-refractivity contribution >= 4 is 97.3 Å². The van der Waals surface area contributed by atoms with E-state index in [2.05, 4.69) is 206 Å². The highest BCUT2D eigenvalue weighted by Crippen LogP contribution is 2.55. The van der Waals surface area contributed by atoms with Crippen molar-refractivity contribution in [2.75, 3.05) is 0 Å². The van der Waals surface area contributed by atoms with Crippen molar-refractivity contribution in [3.8, 4) is 56.2 Å². The SMILES string of the molecule is c1ccc(-c2cccc(-c3c4cc5c6ccccc6c6cccc(c4c(-c4cccc(-c7ccccc7)n4)c4c7ccc(-c8ccc9oc%10ccccc%10c9c8)c8cccc(c34)c87)c65)n2)cc1. The summed E-state index contributed by atoms with van der Waals surface area (Å²) in [5.74, 6) is 0. The van der Waals surface area contributed by atoms with E-state index in [1.165, 1.54) is 75.6 Å². The van der Waals surface area contributed by atoms with Crippen molar-refractivity contribution in [3.63, 3.8) is 0 Å². The van der Waals surface area contributed by atoms with Gasteiger partial charge in [0.15, 0.2) is 0 Å². The van der Waals surface area contributed by atoms with Crippen LogP contribution in [0.5, 0.6) is 0 Å². The third kappa shape index (κ3) is 5.17. The Balaban J connectivity index is 1.15. The molecule has 0 spiro atoms. The maximum Gasteiger partial charge on any atom is 0.135 e. The molecule has 0 saturated heterocycles. The van der Waals surface area contributed by atoms with Gasteiger partial charge in [-0.15, -0.1) is 0 Å². The van der Waals surface area contributed by atoms with Gasteiger partial charge in [0.05, 0.1) is 22.8 Å². The zero-order valence-electron chi connectivity index (χ0n) is 36.1. The second kappa shape index (κ2) is 13.8. The van der Waals surface area contributed by atoms with E-state index in [9.17, 15) is 0 Å². The second-order valence-electron chi connectivity index (χ2n) is 17.9. The average Bonchev–Trinajstić information content (AvgIpc) is 4.05. The fourth-order valence-electron chi connectivity index (χ4n) is 11.6. The number of fused-ring (bicyclic) bond motifs is 11. The van der Waals surface area contributed by atoms with Crippen LogP contribution in [0.2, 0.25) is 0 Å². The van der Waals surface area contributed by atoms with E-state index in [4.69, 9.17) is 14.4 Å². The fourth-order valence-corrected chi connectivity index (χ4v) is 11.6. The van der Waals surface area contributed by atoms with Crippen LogP contribution in [0.1, 0.15) is 0 Å². The number of hydrogen-bond acceptors (Lipinski definition) is 3. The van der Waals surface area contributed by atoms with E-state index in [1.54, 1.807) is 0 Å². The number of hydrogen-bond donors (Lipinski definition) is 0. The molecule has 67 heavy (non-hydrogen) atoms. The predicted molar refractivity (Wildman–Crippen MR) is 281 cm³/mol. The topological polar surface area (TPSA) is 38.9 Å². The van der Waals surface area contributed by atoms with Crippen molar-refractivity contribution in [1.82, 2.24) is 9.97 Å². The summed E-state index contributed by atoms with van der Waals surface area (Å²) in [6.45, 7) is 0. The highest BCUT2D eigenvalue weighted by Gasteiger charge is 2.28. The predicted octanol–water partition coefficient (Wildman–Crippen LogP) is 17.7. The van der Waals surface area contributed by atoms with Gasteiger partial charge in [-0.05, 0) is 119 Å². The second-order valence-corrected chi connectivity index (χ2v) is 17.9. The van der Waals surface area contributed by atoms with E-state index in [-0.39, 0.29) is 0 Å². The third-order valence-corrected chi connectivity index (χ3v) is 14.4. The number of benzene rings is 10. The van der Waals surface area contributed by atoms with E-state index in [0.717, 1.165) is 77.9 Å². The molecule has 0 atom stereocenters. The van der Waals surface area contributed by atoms with Gasteiger partial charge < -0.3 is 4.42 Å². The lowest BCUT2D eigenvalue weighted by Gasteiger charge is -2.19. The lowest BCUT2D eigenvalue weighted by molar-refractivity contribution is 0.669. The molecule has 308 valence electrons. The average molecular weight is 849 g/mol. The third-order valence-electron chi connectivity index (χ3n) is 14.4. The van der Waals surface area contributed by atoms with Gasteiger partial charge in [0.2, 0.25) is 0 Å². The Kier molecular flexibility index (Phi) is 7.50. The van der Waals surface area contributed by atoms with Gasteiger partial charge in [-0.3, -0.25) is 0 Å². The van der Waals surface area contributed by atoms with Crippen LogP contribution in [0, 0.1) is 0 Å². The molecule has 0 fully saturated rings. The Morgan fingerprint density at radius 3 is 1.48 bits per heavy atom. The van der Waals surface area contributed by atoms with Crippen molar-refractivity contribution in [3.05, 3.63) is 218 Å². The summed E-state index contributed by atoms with van der Waals surface area (Å²) in [5, 5.41) is 19.4. The summed E-state index contributed by atoms with van der Waals surface area (Å²) in [4.78, 5) is 11.2. The highest BCUT2D eigenvalue weighted by atomic mass is 16.3. The normalized spacial score (nSPS) is 12.2. The maximum atomic E-state index is 6.30. The van der Waals surface area contributed by atoms with Crippen LogP contribution in [0.4, 0.5) is 0 Å². The number of furan rings is 1. The van der Waals surface area contributed by atoms with Crippen LogP contribution in [0.3, 0.4) is 0 Å². The van der Waals surface area contributed by atoms with Crippen LogP contribution >= 0.6 is 0 Å². The molecule has 3 heterocycles. The minimum atomic E-state index is 0.894. The van der Waals surface area contributed by atoms with Crippen LogP contribution in [-0.4, -0.2) is 9.97 Å². The van der Waals surface area contributed by atoms with Crippen LogP contribution in [0.15, 0.2) is 223 Å². The Morgan fingerprint density at radius 1 is 0.239 bits per heavy atom. The molecule has 0 aliphatic heterocycles. The molecule has 3 nitrogen and oxygen atoms in total. The molecule has 15 aromatic rings. The lowest BCUT2D eigenvalue weighted by atomic mass is 9.85. The Labute approximate surface area is 384 Å². The molecule has 0 saturated carbocycles. The number of para-hydroxylation sites is 1. The lowest BCUT2D eigenvalue weighted by Crippen LogP contribution is -1.95. The number of nitrogens with zero attached hydrogens (tertiary/aromatic N) is 2. The monoisotopic (exact) mass is 848 g/mol. The molecule has 0 aliphatic rings. The Hall–Kier alpha value is -8.92. The van der Waals surface area contributed by atoms with Gasteiger partial charge in [0, 0.05) is 49.2 Å². The molecule has 0 amide bonds. The molecule has 3 aromatic heterocycles. The van der Waals surface area contributed by atoms with Gasteiger partial charge >= 0.3 is 0 Å². The summed E-state index contributed by atoms with van der Waals surface area (Å²) in [6.07, 6.45) is 0. The van der Waals surface area contributed by atoms with Gasteiger partial charge in [0.1, 0.15) is 11.2 Å². The van der Waals surface area contributed by atoms with Crippen molar-refractivity contribution in [2.45, 2.75) is 0 Å². The Morgan fingerprint density at radius 2 is 0.746 bits per heavy atom. The molecule has 0 radical (unpaired) electrons. The first kappa shape index (κ1) is 36.4. The standard InChI is InChI=1S/C64H36N2O/c1-3-15-37(16-4-1)52-26-13-28-54(65-52)61-51-36-50-42-20-8-7-19-41(42)45-23-12-24-46(59(45)50)60(51)64(55-29-14-27-53(66-55)38-17-5-2-6-18-38)63-48-33-32-40(44-22-11-25-47(58(44)48)62(61)63)39-31-34-57-49(35-39)43-21-9-10-30-56(43)67-57/h1-36H. The summed E-state index contributed by atoms with van der Waals surface area (Å²) in [5.41, 5.74) is 12.4. The van der Waals surface area contributed by atoms with E-state index >= 15 is 0 Å². The van der Waals surface area contributed by atoms with Crippen LogP contribution in [0.25, 0.3) is 154 Å². The van der Waals surface area contributed by atoms with Crippen LogP contribution < -0.4 is 0 Å². The smallest absolute Gasteiger partial charge is 0.135 e. The highest BCUT2D eigenvalue weighted by molar-refractivity contribution is 6.45. The molecular weight excluding hydrogens is 813 g/mol. The molecule has 15 rings (SSSR count). The van der Waals surface area contributed by atoms with Crippen LogP contribution in [-0.2, 0) is 0 Å². The number of rotatable bonds is 5. The van der Waals surface area contributed by atoms with E-state index in [0.29, 0.717) is 0 Å². The summed E-state index contributed by atoms with van der Waals surface area (Å²) in [6, 6.07) is 78.9. The van der Waals surface area contributed by atoms with E-state index < -0.39 is 0 Å². The molecule has 0 bridgehead atoms. The van der Waals surface area contributed by atoms with Crippen molar-refractivity contribution in [2.24, 2.45) is 0 Å². The van der Waals surface area contributed by atoms with Crippen molar-refractivity contribution < 1.29 is 4.42 Å². The fraction of sp³-hybridized carbons (Fsp3) is 0. The zero-order valence-corrected chi connectivity index (χ0v) is 36.1. The van der Waals surface area contributed by atoms with Gasteiger partial charge in [-0.25, -0.2) is 9.97 Å². The Bertz CT molecular complexity index is 4490. The molecule has 0 unspecified atom stereocenters. The minimum Gasteiger partial charge on any atom is -0.456 e. The van der Waals surface area contributed by atoms with E-state index in [1.807, 2.05) is 12.1 Å². The summed E-state index contributed by atoms with van der Waals surface area (Å²) in [7, 11) is 0. The first-order chi connectivity index (χ1) is 33.2.